The molecule has 0 saturated carbocycles. The first-order valence-corrected chi connectivity index (χ1v) is 8.90. The molecule has 130 valence electrons. The summed E-state index contributed by atoms with van der Waals surface area (Å²) >= 11 is 12.1. The minimum Gasteiger partial charge on any atom is -0.368 e. The van der Waals surface area contributed by atoms with E-state index in [9.17, 15) is 0 Å². The van der Waals surface area contributed by atoms with Gasteiger partial charge in [0.2, 0.25) is 0 Å². The van der Waals surface area contributed by atoms with Crippen molar-refractivity contribution >= 4 is 34.7 Å². The standard InChI is InChI=1S/C19H15Cl2N5/c20-15-5-4-13(11-16(15)21)17-12-24-19-7-6-18(25-26(17)19)23-10-8-14-3-1-2-9-22-14/h1-7,9,11-12H,8,10H2,(H,23,25). The fourth-order valence-electron chi connectivity index (χ4n) is 2.68. The maximum Gasteiger partial charge on any atom is 0.154 e. The van der Waals surface area contributed by atoms with Crippen molar-refractivity contribution in [1.82, 2.24) is 19.6 Å². The van der Waals surface area contributed by atoms with Crippen LogP contribution in [0.4, 0.5) is 5.82 Å². The molecule has 0 bridgehead atoms. The fourth-order valence-corrected chi connectivity index (χ4v) is 2.98. The molecule has 0 aliphatic rings. The number of rotatable bonds is 5. The first kappa shape index (κ1) is 16.8. The van der Waals surface area contributed by atoms with Gasteiger partial charge in [0.1, 0.15) is 5.82 Å². The molecule has 7 heteroatoms. The van der Waals surface area contributed by atoms with Crippen LogP contribution in [0.3, 0.4) is 0 Å². The van der Waals surface area contributed by atoms with Crippen molar-refractivity contribution < 1.29 is 0 Å². The Bertz CT molecular complexity index is 1050. The molecule has 4 aromatic rings. The maximum absolute atomic E-state index is 6.14. The normalized spacial score (nSPS) is 11.0. The highest BCUT2D eigenvalue weighted by Gasteiger charge is 2.10. The molecule has 4 rings (SSSR count). The SMILES string of the molecule is Clc1ccc(-c2cnc3ccc(NCCc4ccccn4)nn23)cc1Cl. The van der Waals surface area contributed by atoms with E-state index in [1.165, 1.54) is 0 Å². The van der Waals surface area contributed by atoms with E-state index in [0.29, 0.717) is 10.0 Å². The Morgan fingerprint density at radius 2 is 1.88 bits per heavy atom. The Balaban J connectivity index is 1.57. The molecule has 3 heterocycles. The fraction of sp³-hybridized carbons (Fsp3) is 0.105. The molecular formula is C19H15Cl2N5. The number of hydrogen-bond acceptors (Lipinski definition) is 4. The lowest BCUT2D eigenvalue weighted by Crippen LogP contribution is -2.09. The molecule has 0 aliphatic heterocycles. The first-order valence-electron chi connectivity index (χ1n) is 8.15. The van der Waals surface area contributed by atoms with Crippen molar-refractivity contribution in [3.63, 3.8) is 0 Å². The summed E-state index contributed by atoms with van der Waals surface area (Å²) in [5.41, 5.74) is 3.57. The van der Waals surface area contributed by atoms with Gasteiger partial charge in [-0.05, 0) is 36.4 Å². The molecule has 0 radical (unpaired) electrons. The Morgan fingerprint density at radius 3 is 2.69 bits per heavy atom. The second-order valence-corrected chi connectivity index (χ2v) is 6.57. The van der Waals surface area contributed by atoms with Crippen LogP contribution in [0, 0.1) is 0 Å². The van der Waals surface area contributed by atoms with Gasteiger partial charge in [0.25, 0.3) is 0 Å². The number of nitrogens with zero attached hydrogens (tertiary/aromatic N) is 4. The number of hydrogen-bond donors (Lipinski definition) is 1. The number of halogens is 2. The van der Waals surface area contributed by atoms with E-state index in [1.807, 2.05) is 42.5 Å². The second kappa shape index (κ2) is 7.32. The minimum absolute atomic E-state index is 0.503. The van der Waals surface area contributed by atoms with Crippen molar-refractivity contribution in [3.8, 4) is 11.3 Å². The lowest BCUT2D eigenvalue weighted by Gasteiger charge is -2.07. The predicted octanol–water partition coefficient (Wildman–Crippen LogP) is 4.75. The Kier molecular flexibility index (Phi) is 4.73. The van der Waals surface area contributed by atoms with Crippen molar-refractivity contribution in [3.05, 3.63) is 76.7 Å². The topological polar surface area (TPSA) is 55.1 Å². The molecule has 26 heavy (non-hydrogen) atoms. The van der Waals surface area contributed by atoms with Gasteiger partial charge in [-0.1, -0.05) is 35.3 Å². The monoisotopic (exact) mass is 383 g/mol. The predicted molar refractivity (Wildman–Crippen MR) is 105 cm³/mol. The maximum atomic E-state index is 6.14. The van der Waals surface area contributed by atoms with Crippen LogP contribution < -0.4 is 5.32 Å². The number of benzene rings is 1. The molecule has 0 spiro atoms. The van der Waals surface area contributed by atoms with Gasteiger partial charge in [-0.2, -0.15) is 0 Å². The van der Waals surface area contributed by atoms with Crippen LogP contribution in [-0.2, 0) is 6.42 Å². The summed E-state index contributed by atoms with van der Waals surface area (Å²) < 4.78 is 1.79. The van der Waals surface area contributed by atoms with Crippen molar-refractivity contribution in [2.45, 2.75) is 6.42 Å². The molecule has 0 fully saturated rings. The van der Waals surface area contributed by atoms with E-state index >= 15 is 0 Å². The lowest BCUT2D eigenvalue weighted by atomic mass is 10.2. The van der Waals surface area contributed by atoms with E-state index in [4.69, 9.17) is 23.2 Å². The molecule has 3 aromatic heterocycles. The zero-order chi connectivity index (χ0) is 17.9. The molecular weight excluding hydrogens is 369 g/mol. The lowest BCUT2D eigenvalue weighted by molar-refractivity contribution is 0.907. The van der Waals surface area contributed by atoms with Gasteiger partial charge in [0.05, 0.1) is 21.9 Å². The molecule has 1 aromatic carbocycles. The van der Waals surface area contributed by atoms with E-state index < -0.39 is 0 Å². The summed E-state index contributed by atoms with van der Waals surface area (Å²) in [6.45, 7) is 0.742. The van der Waals surface area contributed by atoms with Crippen LogP contribution >= 0.6 is 23.2 Å². The minimum atomic E-state index is 0.503. The zero-order valence-corrected chi connectivity index (χ0v) is 15.2. The van der Waals surface area contributed by atoms with Crippen LogP contribution in [0.1, 0.15) is 5.69 Å². The second-order valence-electron chi connectivity index (χ2n) is 5.76. The van der Waals surface area contributed by atoms with Gasteiger partial charge in [-0.25, -0.2) is 9.50 Å². The Hall–Kier alpha value is -2.63. The third kappa shape index (κ3) is 3.49. The van der Waals surface area contributed by atoms with Crippen LogP contribution in [0.5, 0.6) is 0 Å². The quantitative estimate of drug-likeness (QED) is 0.539. The molecule has 0 amide bonds. The van der Waals surface area contributed by atoms with E-state index in [1.54, 1.807) is 23.0 Å². The zero-order valence-electron chi connectivity index (χ0n) is 13.7. The molecule has 1 N–H and O–H groups in total. The van der Waals surface area contributed by atoms with Gasteiger partial charge >= 0.3 is 0 Å². The Labute approximate surface area is 160 Å². The smallest absolute Gasteiger partial charge is 0.154 e. The third-order valence-electron chi connectivity index (χ3n) is 3.99. The number of anilines is 1. The first-order chi connectivity index (χ1) is 12.7. The van der Waals surface area contributed by atoms with Crippen LogP contribution in [0.25, 0.3) is 16.9 Å². The summed E-state index contributed by atoms with van der Waals surface area (Å²) in [6, 6.07) is 15.2. The van der Waals surface area contributed by atoms with Crippen LogP contribution in [0.2, 0.25) is 10.0 Å². The molecule has 0 aliphatic carbocycles. The summed E-state index contributed by atoms with van der Waals surface area (Å²) in [7, 11) is 0. The molecule has 0 saturated heterocycles. The number of fused-ring (bicyclic) bond motifs is 1. The van der Waals surface area contributed by atoms with Gasteiger partial charge in [-0.15, -0.1) is 5.10 Å². The molecule has 0 unspecified atom stereocenters. The summed E-state index contributed by atoms with van der Waals surface area (Å²) in [5.74, 6) is 0.771. The highest BCUT2D eigenvalue weighted by Crippen LogP contribution is 2.28. The largest absolute Gasteiger partial charge is 0.368 e. The number of pyridine rings is 1. The van der Waals surface area contributed by atoms with Crippen molar-refractivity contribution in [1.29, 1.82) is 0 Å². The van der Waals surface area contributed by atoms with Crippen LogP contribution in [-0.4, -0.2) is 26.1 Å². The number of imidazole rings is 1. The van der Waals surface area contributed by atoms with Gasteiger partial charge in [-0.3, -0.25) is 4.98 Å². The van der Waals surface area contributed by atoms with E-state index in [0.717, 1.165) is 41.4 Å². The number of aromatic nitrogens is 4. The highest BCUT2D eigenvalue weighted by atomic mass is 35.5. The Morgan fingerprint density at radius 1 is 0.962 bits per heavy atom. The van der Waals surface area contributed by atoms with Gasteiger partial charge in [0, 0.05) is 30.4 Å². The molecule has 0 atom stereocenters. The summed E-state index contributed by atoms with van der Waals surface area (Å²) in [6.07, 6.45) is 4.40. The van der Waals surface area contributed by atoms with E-state index in [-0.39, 0.29) is 0 Å². The van der Waals surface area contributed by atoms with Crippen LogP contribution in [0.15, 0.2) is 60.9 Å². The average Bonchev–Trinajstić information content (AvgIpc) is 3.08. The summed E-state index contributed by atoms with van der Waals surface area (Å²) in [4.78, 5) is 8.72. The highest BCUT2D eigenvalue weighted by molar-refractivity contribution is 6.42. The molecule has 5 nitrogen and oxygen atoms in total. The third-order valence-corrected chi connectivity index (χ3v) is 4.73. The van der Waals surface area contributed by atoms with Gasteiger partial charge < -0.3 is 5.32 Å². The van der Waals surface area contributed by atoms with Gasteiger partial charge in [0.15, 0.2) is 5.65 Å². The van der Waals surface area contributed by atoms with E-state index in [2.05, 4.69) is 20.4 Å². The van der Waals surface area contributed by atoms with Crippen molar-refractivity contribution in [2.75, 3.05) is 11.9 Å². The average molecular weight is 384 g/mol. The van der Waals surface area contributed by atoms with Crippen molar-refractivity contribution in [2.24, 2.45) is 0 Å². The number of nitrogens with one attached hydrogen (secondary N) is 1. The summed E-state index contributed by atoms with van der Waals surface area (Å²) in [5, 5.41) is 8.99.